The summed E-state index contributed by atoms with van der Waals surface area (Å²) in [5.41, 5.74) is 1.38. The van der Waals surface area contributed by atoms with Crippen LogP contribution in [0.5, 0.6) is 0 Å². The Labute approximate surface area is 111 Å². The fourth-order valence-electron chi connectivity index (χ4n) is 2.29. The zero-order valence-corrected chi connectivity index (χ0v) is 11.9. The quantitative estimate of drug-likeness (QED) is 0.886. The average Bonchev–Trinajstić information content (AvgIpc) is 2.81. The van der Waals surface area contributed by atoms with E-state index < -0.39 is 0 Å². The summed E-state index contributed by atoms with van der Waals surface area (Å²) in [6.45, 7) is 9.90. The number of hydrogen-bond donors (Lipinski definition) is 1. The summed E-state index contributed by atoms with van der Waals surface area (Å²) in [5, 5.41) is 3.51. The Kier molecular flexibility index (Phi) is 4.23. The predicted molar refractivity (Wildman–Crippen MR) is 77.1 cm³/mol. The molecule has 1 N–H and O–H groups in total. The summed E-state index contributed by atoms with van der Waals surface area (Å²) in [6, 6.07) is 6.39. The average molecular weight is 247 g/mol. The van der Waals surface area contributed by atoms with Gasteiger partial charge in [-0.3, -0.25) is 0 Å². The lowest BCUT2D eigenvalue weighted by molar-refractivity contribution is 0.428. The van der Waals surface area contributed by atoms with Crippen LogP contribution < -0.4 is 10.2 Å². The van der Waals surface area contributed by atoms with Crippen molar-refractivity contribution in [2.75, 3.05) is 24.5 Å². The third-order valence-corrected chi connectivity index (χ3v) is 3.26. The van der Waals surface area contributed by atoms with Crippen molar-refractivity contribution < 1.29 is 0 Å². The number of nitrogens with zero attached hydrogens (tertiary/aromatic N) is 2. The summed E-state index contributed by atoms with van der Waals surface area (Å²) in [5.74, 6) is 1.15. The first-order chi connectivity index (χ1) is 8.54. The number of aromatic nitrogens is 1. The monoisotopic (exact) mass is 247 g/mol. The van der Waals surface area contributed by atoms with Crippen molar-refractivity contribution in [3.8, 4) is 0 Å². The fraction of sp³-hybridized carbons (Fsp3) is 0.667. The highest BCUT2D eigenvalue weighted by molar-refractivity contribution is 5.40. The number of nitrogens with one attached hydrogen (secondary N) is 1. The van der Waals surface area contributed by atoms with Crippen LogP contribution >= 0.6 is 0 Å². The molecule has 0 atom stereocenters. The number of rotatable bonds is 4. The number of hydrogen-bond acceptors (Lipinski definition) is 3. The molecule has 0 unspecified atom stereocenters. The van der Waals surface area contributed by atoms with Gasteiger partial charge in [0, 0.05) is 37.3 Å². The van der Waals surface area contributed by atoms with Gasteiger partial charge in [0.05, 0.1) is 0 Å². The second-order valence-electron chi connectivity index (χ2n) is 6.11. The maximum absolute atomic E-state index is 4.76. The van der Waals surface area contributed by atoms with E-state index in [2.05, 4.69) is 49.2 Å². The second-order valence-corrected chi connectivity index (χ2v) is 6.11. The van der Waals surface area contributed by atoms with Crippen LogP contribution in [0.2, 0.25) is 0 Å². The molecule has 18 heavy (non-hydrogen) atoms. The van der Waals surface area contributed by atoms with Crippen LogP contribution in [0.4, 0.5) is 5.82 Å². The van der Waals surface area contributed by atoms with Crippen molar-refractivity contribution in [2.24, 2.45) is 0 Å². The molecule has 0 aliphatic carbocycles. The third kappa shape index (κ3) is 3.98. The third-order valence-electron chi connectivity index (χ3n) is 3.26. The molecule has 3 nitrogen and oxygen atoms in total. The maximum Gasteiger partial charge on any atom is 0.128 e. The van der Waals surface area contributed by atoms with E-state index in [0.29, 0.717) is 0 Å². The zero-order valence-electron chi connectivity index (χ0n) is 11.9. The molecule has 0 aromatic carbocycles. The van der Waals surface area contributed by atoms with Crippen molar-refractivity contribution in [1.82, 2.24) is 10.3 Å². The summed E-state index contributed by atoms with van der Waals surface area (Å²) in [7, 11) is 0. The van der Waals surface area contributed by atoms with Gasteiger partial charge in [-0.05, 0) is 45.7 Å². The smallest absolute Gasteiger partial charge is 0.128 e. The minimum absolute atomic E-state index is 0.187. The van der Waals surface area contributed by atoms with Crippen LogP contribution in [0.3, 0.4) is 0 Å². The molecule has 0 bridgehead atoms. The highest BCUT2D eigenvalue weighted by Gasteiger charge is 2.13. The Balaban J connectivity index is 1.91. The minimum atomic E-state index is 0.187. The van der Waals surface area contributed by atoms with Gasteiger partial charge < -0.3 is 10.2 Å². The van der Waals surface area contributed by atoms with Crippen LogP contribution in [0.25, 0.3) is 0 Å². The van der Waals surface area contributed by atoms with E-state index in [4.69, 9.17) is 4.98 Å². The van der Waals surface area contributed by atoms with Gasteiger partial charge in [0.1, 0.15) is 5.82 Å². The summed E-state index contributed by atoms with van der Waals surface area (Å²) in [4.78, 5) is 7.15. The summed E-state index contributed by atoms with van der Waals surface area (Å²) in [6.07, 6.45) is 3.61. The Morgan fingerprint density at radius 2 is 1.94 bits per heavy atom. The van der Waals surface area contributed by atoms with E-state index in [1.807, 2.05) is 0 Å². The fourth-order valence-corrected chi connectivity index (χ4v) is 2.29. The van der Waals surface area contributed by atoms with Crippen molar-refractivity contribution in [3.63, 3.8) is 0 Å². The lowest BCUT2D eigenvalue weighted by atomic mass is 10.1. The molecule has 0 radical (unpaired) electrons. The molecule has 0 amide bonds. The number of anilines is 1. The van der Waals surface area contributed by atoms with E-state index in [-0.39, 0.29) is 5.54 Å². The van der Waals surface area contributed by atoms with Crippen molar-refractivity contribution in [2.45, 2.75) is 45.6 Å². The van der Waals surface area contributed by atoms with Gasteiger partial charge in [-0.15, -0.1) is 0 Å². The molecule has 1 saturated heterocycles. The molecule has 0 spiro atoms. The molecular weight excluding hydrogens is 222 g/mol. The van der Waals surface area contributed by atoms with E-state index in [0.717, 1.165) is 31.9 Å². The topological polar surface area (TPSA) is 28.2 Å². The van der Waals surface area contributed by atoms with Crippen LogP contribution in [-0.2, 0) is 6.42 Å². The Bertz CT molecular complexity index is 376. The maximum atomic E-state index is 4.76. The highest BCUT2D eigenvalue weighted by Crippen LogP contribution is 2.17. The Morgan fingerprint density at radius 1 is 1.22 bits per heavy atom. The van der Waals surface area contributed by atoms with E-state index >= 15 is 0 Å². The first-order valence-electron chi connectivity index (χ1n) is 7.00. The zero-order chi connectivity index (χ0) is 13.0. The molecule has 3 heteroatoms. The van der Waals surface area contributed by atoms with Crippen LogP contribution in [-0.4, -0.2) is 30.2 Å². The van der Waals surface area contributed by atoms with Crippen LogP contribution in [0, 0.1) is 0 Å². The Hall–Kier alpha value is -1.09. The molecule has 1 aliphatic heterocycles. The lowest BCUT2D eigenvalue weighted by Gasteiger charge is -2.21. The van der Waals surface area contributed by atoms with E-state index in [1.165, 1.54) is 18.5 Å². The van der Waals surface area contributed by atoms with Gasteiger partial charge in [0.15, 0.2) is 0 Å². The van der Waals surface area contributed by atoms with Crippen LogP contribution in [0.15, 0.2) is 18.2 Å². The Morgan fingerprint density at radius 3 is 2.61 bits per heavy atom. The SMILES string of the molecule is CC(C)(C)NCCc1cccc(N2CCCC2)n1. The molecular formula is C15H25N3. The molecule has 1 aliphatic rings. The molecule has 0 saturated carbocycles. The predicted octanol–water partition coefficient (Wildman–Crippen LogP) is 2.61. The van der Waals surface area contributed by atoms with Gasteiger partial charge in [0.2, 0.25) is 0 Å². The molecule has 1 fully saturated rings. The molecule has 2 rings (SSSR count). The summed E-state index contributed by atoms with van der Waals surface area (Å²) >= 11 is 0. The van der Waals surface area contributed by atoms with Gasteiger partial charge in [0.25, 0.3) is 0 Å². The van der Waals surface area contributed by atoms with Gasteiger partial charge >= 0.3 is 0 Å². The van der Waals surface area contributed by atoms with Crippen molar-refractivity contribution >= 4 is 5.82 Å². The first kappa shape index (κ1) is 13.3. The van der Waals surface area contributed by atoms with Crippen LogP contribution in [0.1, 0.15) is 39.3 Å². The molecule has 100 valence electrons. The molecule has 2 heterocycles. The van der Waals surface area contributed by atoms with Gasteiger partial charge in [-0.25, -0.2) is 4.98 Å². The van der Waals surface area contributed by atoms with Crippen molar-refractivity contribution in [1.29, 1.82) is 0 Å². The first-order valence-corrected chi connectivity index (χ1v) is 7.00. The minimum Gasteiger partial charge on any atom is -0.357 e. The molecule has 1 aromatic rings. The number of pyridine rings is 1. The highest BCUT2D eigenvalue weighted by atomic mass is 15.2. The molecule has 1 aromatic heterocycles. The largest absolute Gasteiger partial charge is 0.357 e. The summed E-state index contributed by atoms with van der Waals surface area (Å²) < 4.78 is 0. The van der Waals surface area contributed by atoms with Crippen molar-refractivity contribution in [3.05, 3.63) is 23.9 Å². The van der Waals surface area contributed by atoms with Gasteiger partial charge in [-0.1, -0.05) is 6.07 Å². The lowest BCUT2D eigenvalue weighted by Crippen LogP contribution is -2.37. The van der Waals surface area contributed by atoms with Gasteiger partial charge in [-0.2, -0.15) is 0 Å². The second kappa shape index (κ2) is 5.70. The standard InChI is InChI=1S/C15H25N3/c1-15(2,3)16-10-9-13-7-6-8-14(17-13)18-11-4-5-12-18/h6-8,16H,4-5,9-12H2,1-3H3. The van der Waals surface area contributed by atoms with E-state index in [1.54, 1.807) is 0 Å². The van der Waals surface area contributed by atoms with E-state index in [9.17, 15) is 0 Å². The normalized spacial score (nSPS) is 16.3.